The Balaban J connectivity index is 0.00000306. The maximum absolute atomic E-state index is 6.14. The molecule has 0 unspecified atom stereocenters. The number of likely N-dealkylation sites (N-methyl/N-ethyl adjacent to an activating group) is 1. The number of rotatable bonds is 8. The fraction of sp³-hybridized carbons (Fsp3) is 0.333. The molecule has 0 aromatic heterocycles. The van der Waals surface area contributed by atoms with Crippen LogP contribution in [0.2, 0.25) is 0 Å². The van der Waals surface area contributed by atoms with Crippen molar-refractivity contribution in [2.75, 3.05) is 28.4 Å². The van der Waals surface area contributed by atoms with Crippen molar-refractivity contribution in [3.8, 4) is 23.0 Å². The summed E-state index contributed by atoms with van der Waals surface area (Å²) in [4.78, 5) is 0. The fourth-order valence-electron chi connectivity index (χ4n) is 4.63. The zero-order valence-electron chi connectivity index (χ0n) is 19.6. The normalized spacial score (nSPS) is 16.8. The predicted molar refractivity (Wildman–Crippen MR) is 133 cm³/mol. The standard InChI is InChI=1S/C27H31NO4.ClH/c1-28-27-21(19-11-13-23(29-2)24(14-19)30-3)12-10-20-15-26(25(31-4)16-22(20)27)32-17-18-8-6-5-7-9-18;/h5-9,11,13-16,21,27-28H,10,12,17H2,1-4H3;1H/t21-,27+;/m1./s1. The molecule has 2 atom stereocenters. The van der Waals surface area contributed by atoms with Gasteiger partial charge in [-0.05, 0) is 66.4 Å². The van der Waals surface area contributed by atoms with Crippen LogP contribution in [0.1, 0.15) is 40.6 Å². The minimum atomic E-state index is 0. The first-order valence-corrected chi connectivity index (χ1v) is 10.9. The van der Waals surface area contributed by atoms with E-state index in [0.717, 1.165) is 41.4 Å². The van der Waals surface area contributed by atoms with E-state index in [1.54, 1.807) is 21.3 Å². The summed E-state index contributed by atoms with van der Waals surface area (Å²) in [6.45, 7) is 0.514. The van der Waals surface area contributed by atoms with Gasteiger partial charge in [0.2, 0.25) is 0 Å². The summed E-state index contributed by atoms with van der Waals surface area (Å²) in [6, 6.07) is 20.8. The van der Waals surface area contributed by atoms with Crippen molar-refractivity contribution in [2.45, 2.75) is 31.4 Å². The number of hydrogen-bond donors (Lipinski definition) is 1. The zero-order valence-corrected chi connectivity index (χ0v) is 20.4. The highest BCUT2D eigenvalue weighted by Crippen LogP contribution is 2.46. The number of aryl methyl sites for hydroxylation is 1. The monoisotopic (exact) mass is 469 g/mol. The van der Waals surface area contributed by atoms with Gasteiger partial charge < -0.3 is 24.3 Å². The minimum Gasteiger partial charge on any atom is -0.493 e. The van der Waals surface area contributed by atoms with Gasteiger partial charge in [0.25, 0.3) is 0 Å². The van der Waals surface area contributed by atoms with Crippen LogP contribution in [0.25, 0.3) is 0 Å². The van der Waals surface area contributed by atoms with Crippen molar-refractivity contribution >= 4 is 12.4 Å². The SMILES string of the molecule is CN[C@@H]1c2cc(OC)c(OCc3ccccc3)cc2CC[C@@H]1c1ccc(OC)c(OC)c1.Cl. The number of nitrogens with one attached hydrogen (secondary N) is 1. The van der Waals surface area contributed by atoms with E-state index in [1.165, 1.54) is 16.7 Å². The lowest BCUT2D eigenvalue weighted by molar-refractivity contribution is 0.282. The zero-order chi connectivity index (χ0) is 22.5. The molecule has 0 bridgehead atoms. The molecular formula is C27H32ClNO4. The van der Waals surface area contributed by atoms with Crippen molar-refractivity contribution in [2.24, 2.45) is 0 Å². The molecule has 0 saturated heterocycles. The Kier molecular flexibility index (Phi) is 8.48. The molecule has 3 aromatic carbocycles. The van der Waals surface area contributed by atoms with Crippen LogP contribution in [0.3, 0.4) is 0 Å². The van der Waals surface area contributed by atoms with Crippen molar-refractivity contribution in [1.29, 1.82) is 0 Å². The Labute approximate surface area is 202 Å². The van der Waals surface area contributed by atoms with Gasteiger partial charge in [0.15, 0.2) is 23.0 Å². The number of ether oxygens (including phenoxy) is 4. The largest absolute Gasteiger partial charge is 0.493 e. The van der Waals surface area contributed by atoms with Crippen LogP contribution in [-0.4, -0.2) is 28.4 Å². The van der Waals surface area contributed by atoms with Crippen LogP contribution >= 0.6 is 12.4 Å². The molecule has 0 aliphatic heterocycles. The van der Waals surface area contributed by atoms with E-state index in [-0.39, 0.29) is 18.4 Å². The Bertz CT molecular complexity index is 1060. The average Bonchev–Trinajstić information content (AvgIpc) is 2.86. The molecule has 6 heteroatoms. The van der Waals surface area contributed by atoms with Gasteiger partial charge in [-0.15, -0.1) is 12.4 Å². The van der Waals surface area contributed by atoms with Crippen molar-refractivity contribution in [3.05, 3.63) is 82.9 Å². The summed E-state index contributed by atoms with van der Waals surface area (Å²) in [7, 11) is 7.05. The highest BCUT2D eigenvalue weighted by atomic mass is 35.5. The van der Waals surface area contributed by atoms with E-state index in [2.05, 4.69) is 41.7 Å². The van der Waals surface area contributed by atoms with E-state index in [4.69, 9.17) is 18.9 Å². The minimum absolute atomic E-state index is 0. The lowest BCUT2D eigenvalue weighted by Gasteiger charge is -2.34. The average molecular weight is 470 g/mol. The second kappa shape index (κ2) is 11.3. The van der Waals surface area contributed by atoms with Gasteiger partial charge >= 0.3 is 0 Å². The first-order chi connectivity index (χ1) is 15.7. The van der Waals surface area contributed by atoms with Crippen LogP contribution in [0, 0.1) is 0 Å². The van der Waals surface area contributed by atoms with Gasteiger partial charge in [-0.2, -0.15) is 0 Å². The van der Waals surface area contributed by atoms with Crippen molar-refractivity contribution in [1.82, 2.24) is 5.32 Å². The predicted octanol–water partition coefficient (Wildman–Crippen LogP) is 5.70. The van der Waals surface area contributed by atoms with Crippen LogP contribution in [0.15, 0.2) is 60.7 Å². The van der Waals surface area contributed by atoms with Crippen molar-refractivity contribution < 1.29 is 18.9 Å². The number of benzene rings is 3. The first kappa shape index (κ1) is 24.7. The summed E-state index contributed by atoms with van der Waals surface area (Å²) in [5, 5.41) is 3.53. The summed E-state index contributed by atoms with van der Waals surface area (Å²) >= 11 is 0. The van der Waals surface area contributed by atoms with Crippen LogP contribution in [-0.2, 0) is 13.0 Å². The smallest absolute Gasteiger partial charge is 0.161 e. The van der Waals surface area contributed by atoms with E-state index in [9.17, 15) is 0 Å². The molecule has 0 radical (unpaired) electrons. The number of halogens is 1. The van der Waals surface area contributed by atoms with E-state index in [1.807, 2.05) is 31.3 Å². The molecular weight excluding hydrogens is 438 g/mol. The second-order valence-corrected chi connectivity index (χ2v) is 8.00. The molecule has 4 rings (SSSR count). The Morgan fingerprint density at radius 2 is 1.52 bits per heavy atom. The molecule has 3 aromatic rings. The van der Waals surface area contributed by atoms with E-state index < -0.39 is 0 Å². The Hall–Kier alpha value is -2.89. The van der Waals surface area contributed by atoms with Gasteiger partial charge in [-0.3, -0.25) is 0 Å². The molecule has 0 fully saturated rings. The quantitative estimate of drug-likeness (QED) is 0.458. The van der Waals surface area contributed by atoms with Gasteiger partial charge in [0.1, 0.15) is 6.61 Å². The van der Waals surface area contributed by atoms with Crippen LogP contribution in [0.4, 0.5) is 0 Å². The third-order valence-electron chi connectivity index (χ3n) is 6.27. The molecule has 0 amide bonds. The molecule has 0 heterocycles. The summed E-state index contributed by atoms with van der Waals surface area (Å²) in [5.41, 5.74) is 4.91. The molecule has 1 aliphatic rings. The number of fused-ring (bicyclic) bond motifs is 1. The first-order valence-electron chi connectivity index (χ1n) is 10.9. The van der Waals surface area contributed by atoms with Gasteiger partial charge in [0.05, 0.1) is 21.3 Å². The third-order valence-corrected chi connectivity index (χ3v) is 6.27. The maximum Gasteiger partial charge on any atom is 0.161 e. The summed E-state index contributed by atoms with van der Waals surface area (Å²) in [5.74, 6) is 3.36. The molecule has 176 valence electrons. The lowest BCUT2D eigenvalue weighted by atomic mass is 9.76. The maximum atomic E-state index is 6.14. The third kappa shape index (κ3) is 5.21. The van der Waals surface area contributed by atoms with Gasteiger partial charge in [0, 0.05) is 12.0 Å². The molecule has 1 aliphatic carbocycles. The fourth-order valence-corrected chi connectivity index (χ4v) is 4.63. The van der Waals surface area contributed by atoms with Crippen LogP contribution < -0.4 is 24.3 Å². The lowest BCUT2D eigenvalue weighted by Crippen LogP contribution is -2.29. The Morgan fingerprint density at radius 1 is 0.818 bits per heavy atom. The highest BCUT2D eigenvalue weighted by molar-refractivity contribution is 5.85. The highest BCUT2D eigenvalue weighted by Gasteiger charge is 2.31. The van der Waals surface area contributed by atoms with Gasteiger partial charge in [-0.1, -0.05) is 36.4 Å². The molecule has 1 N–H and O–H groups in total. The molecule has 33 heavy (non-hydrogen) atoms. The number of hydrogen-bond acceptors (Lipinski definition) is 5. The van der Waals surface area contributed by atoms with E-state index in [0.29, 0.717) is 12.5 Å². The molecule has 5 nitrogen and oxygen atoms in total. The summed E-state index contributed by atoms with van der Waals surface area (Å²) in [6.07, 6.45) is 2.00. The molecule has 0 spiro atoms. The topological polar surface area (TPSA) is 49.0 Å². The summed E-state index contributed by atoms with van der Waals surface area (Å²) < 4.78 is 22.8. The van der Waals surface area contributed by atoms with Gasteiger partial charge in [-0.25, -0.2) is 0 Å². The number of methoxy groups -OCH3 is 3. The van der Waals surface area contributed by atoms with E-state index >= 15 is 0 Å². The van der Waals surface area contributed by atoms with Crippen molar-refractivity contribution in [3.63, 3.8) is 0 Å². The molecule has 0 saturated carbocycles. The Morgan fingerprint density at radius 3 is 2.18 bits per heavy atom. The second-order valence-electron chi connectivity index (χ2n) is 8.00. The van der Waals surface area contributed by atoms with Crippen LogP contribution in [0.5, 0.6) is 23.0 Å².